The Kier molecular flexibility index (Phi) is 6.10. The van der Waals surface area contributed by atoms with Gasteiger partial charge in [-0.2, -0.15) is 10.5 Å². The first-order valence-corrected chi connectivity index (χ1v) is 6.80. The standard InChI is InChI=1S/C18H18N2O2/c1-12(16(10-19)11-20)13(2)17(14(3)18(21)22-4)15-8-6-5-7-9-15/h5-9,13,17H,3H2,1-2,4H3/t13-,17+/m1/s1. The van der Waals surface area contributed by atoms with Crippen LogP contribution >= 0.6 is 0 Å². The Bertz CT molecular complexity index is 659. The highest BCUT2D eigenvalue weighted by molar-refractivity contribution is 5.89. The van der Waals surface area contributed by atoms with Gasteiger partial charge in [-0.15, -0.1) is 0 Å². The average molecular weight is 294 g/mol. The maximum absolute atomic E-state index is 11.9. The number of nitrogens with zero attached hydrogens (tertiary/aromatic N) is 2. The molecule has 0 radical (unpaired) electrons. The third kappa shape index (κ3) is 3.62. The Balaban J connectivity index is 3.38. The van der Waals surface area contributed by atoms with E-state index in [1.165, 1.54) is 7.11 Å². The van der Waals surface area contributed by atoms with E-state index in [4.69, 9.17) is 15.3 Å². The normalized spacial score (nSPS) is 12.2. The zero-order chi connectivity index (χ0) is 16.7. The fraction of sp³-hybridized carbons (Fsp3) is 0.278. The van der Waals surface area contributed by atoms with Crippen molar-refractivity contribution in [3.63, 3.8) is 0 Å². The second kappa shape index (κ2) is 7.81. The molecule has 0 heterocycles. The first-order valence-electron chi connectivity index (χ1n) is 6.80. The second-order valence-electron chi connectivity index (χ2n) is 4.98. The number of carbonyl (C=O) groups is 1. The molecule has 4 heteroatoms. The summed E-state index contributed by atoms with van der Waals surface area (Å²) in [7, 11) is 1.30. The number of carbonyl (C=O) groups excluding carboxylic acids is 1. The molecule has 0 aliphatic heterocycles. The van der Waals surface area contributed by atoms with Crippen molar-refractivity contribution in [2.75, 3.05) is 7.11 Å². The molecule has 22 heavy (non-hydrogen) atoms. The number of hydrogen-bond acceptors (Lipinski definition) is 4. The third-order valence-corrected chi connectivity index (χ3v) is 3.78. The summed E-state index contributed by atoms with van der Waals surface area (Å²) in [4.78, 5) is 11.9. The Labute approximate surface area is 130 Å². The van der Waals surface area contributed by atoms with Crippen LogP contribution in [-0.2, 0) is 9.53 Å². The minimum atomic E-state index is -0.496. The number of ether oxygens (including phenoxy) is 1. The zero-order valence-corrected chi connectivity index (χ0v) is 13.0. The summed E-state index contributed by atoms with van der Waals surface area (Å²) in [5.41, 5.74) is 1.88. The molecule has 0 spiro atoms. The van der Waals surface area contributed by atoms with Gasteiger partial charge in [-0.1, -0.05) is 43.8 Å². The van der Waals surface area contributed by atoms with E-state index in [-0.39, 0.29) is 17.4 Å². The van der Waals surface area contributed by atoms with Crippen LogP contribution in [0.5, 0.6) is 0 Å². The van der Waals surface area contributed by atoms with Crippen molar-refractivity contribution in [2.45, 2.75) is 19.8 Å². The molecule has 1 aromatic carbocycles. The number of allylic oxidation sites excluding steroid dienone is 2. The van der Waals surface area contributed by atoms with Crippen LogP contribution in [0.3, 0.4) is 0 Å². The Morgan fingerprint density at radius 1 is 1.23 bits per heavy atom. The number of nitriles is 2. The van der Waals surface area contributed by atoms with Gasteiger partial charge in [-0.25, -0.2) is 4.79 Å². The maximum atomic E-state index is 11.9. The molecule has 0 aliphatic carbocycles. The molecule has 0 fully saturated rings. The van der Waals surface area contributed by atoms with Gasteiger partial charge in [0.15, 0.2) is 0 Å². The lowest BCUT2D eigenvalue weighted by Crippen LogP contribution is -2.20. The van der Waals surface area contributed by atoms with Gasteiger partial charge in [-0.05, 0) is 24.0 Å². The predicted molar refractivity (Wildman–Crippen MR) is 83.4 cm³/mol. The van der Waals surface area contributed by atoms with Gasteiger partial charge in [0.2, 0.25) is 0 Å². The van der Waals surface area contributed by atoms with Crippen LogP contribution in [0.25, 0.3) is 0 Å². The molecule has 1 aromatic rings. The number of esters is 1. The van der Waals surface area contributed by atoms with Gasteiger partial charge in [0.1, 0.15) is 17.7 Å². The van der Waals surface area contributed by atoms with Crippen LogP contribution < -0.4 is 0 Å². The van der Waals surface area contributed by atoms with Crippen molar-refractivity contribution in [1.82, 2.24) is 0 Å². The molecular formula is C18H18N2O2. The summed E-state index contributed by atoms with van der Waals surface area (Å²) in [6, 6.07) is 13.2. The number of methoxy groups -OCH3 is 1. The molecular weight excluding hydrogens is 276 g/mol. The van der Waals surface area contributed by atoms with E-state index in [0.29, 0.717) is 11.1 Å². The van der Waals surface area contributed by atoms with Crippen LogP contribution in [0.1, 0.15) is 25.3 Å². The first-order chi connectivity index (χ1) is 10.5. The van der Waals surface area contributed by atoms with Crippen LogP contribution in [0.2, 0.25) is 0 Å². The van der Waals surface area contributed by atoms with Gasteiger partial charge < -0.3 is 4.74 Å². The van der Waals surface area contributed by atoms with E-state index in [0.717, 1.165) is 5.56 Å². The van der Waals surface area contributed by atoms with Crippen LogP contribution in [-0.4, -0.2) is 13.1 Å². The molecule has 4 nitrogen and oxygen atoms in total. The fourth-order valence-electron chi connectivity index (χ4n) is 2.39. The summed E-state index contributed by atoms with van der Waals surface area (Å²) < 4.78 is 4.77. The smallest absolute Gasteiger partial charge is 0.333 e. The highest BCUT2D eigenvalue weighted by atomic mass is 16.5. The van der Waals surface area contributed by atoms with E-state index in [9.17, 15) is 4.79 Å². The monoisotopic (exact) mass is 294 g/mol. The van der Waals surface area contributed by atoms with Crippen molar-refractivity contribution in [3.05, 3.63) is 59.2 Å². The molecule has 0 amide bonds. The van der Waals surface area contributed by atoms with Gasteiger partial charge in [0, 0.05) is 11.5 Å². The molecule has 0 N–H and O–H groups in total. The number of hydrogen-bond donors (Lipinski definition) is 0. The van der Waals surface area contributed by atoms with Crippen LogP contribution in [0.15, 0.2) is 53.6 Å². The summed E-state index contributed by atoms with van der Waals surface area (Å²) >= 11 is 0. The first kappa shape index (κ1) is 17.2. The molecule has 0 aliphatic rings. The molecule has 112 valence electrons. The van der Waals surface area contributed by atoms with Crippen molar-refractivity contribution >= 4 is 5.97 Å². The zero-order valence-electron chi connectivity index (χ0n) is 13.0. The number of rotatable bonds is 5. The van der Waals surface area contributed by atoms with Gasteiger partial charge in [0.05, 0.1) is 7.11 Å². The average Bonchev–Trinajstić information content (AvgIpc) is 2.56. The lowest BCUT2D eigenvalue weighted by atomic mass is 9.77. The van der Waals surface area contributed by atoms with Crippen molar-refractivity contribution in [3.8, 4) is 12.1 Å². The Morgan fingerprint density at radius 3 is 2.23 bits per heavy atom. The maximum Gasteiger partial charge on any atom is 0.333 e. The van der Waals surface area contributed by atoms with Crippen molar-refractivity contribution in [2.24, 2.45) is 5.92 Å². The molecule has 0 saturated carbocycles. The lowest BCUT2D eigenvalue weighted by molar-refractivity contribution is -0.136. The van der Waals surface area contributed by atoms with E-state index in [1.54, 1.807) is 6.92 Å². The van der Waals surface area contributed by atoms with Crippen molar-refractivity contribution in [1.29, 1.82) is 10.5 Å². The molecule has 1 rings (SSSR count). The topological polar surface area (TPSA) is 73.9 Å². The highest BCUT2D eigenvalue weighted by Gasteiger charge is 2.29. The summed E-state index contributed by atoms with van der Waals surface area (Å²) in [6.45, 7) is 7.45. The van der Waals surface area contributed by atoms with E-state index in [2.05, 4.69) is 6.58 Å². The summed E-state index contributed by atoms with van der Waals surface area (Å²) in [5, 5.41) is 18.1. The Morgan fingerprint density at radius 2 is 1.77 bits per heavy atom. The van der Waals surface area contributed by atoms with Crippen LogP contribution in [0.4, 0.5) is 0 Å². The van der Waals surface area contributed by atoms with Gasteiger partial charge >= 0.3 is 5.97 Å². The molecule has 0 bridgehead atoms. The minimum Gasteiger partial charge on any atom is -0.466 e. The quantitative estimate of drug-likeness (QED) is 0.473. The van der Waals surface area contributed by atoms with E-state index >= 15 is 0 Å². The Hall–Kier alpha value is -2.85. The van der Waals surface area contributed by atoms with E-state index in [1.807, 2.05) is 49.4 Å². The lowest BCUT2D eigenvalue weighted by Gasteiger charge is -2.26. The molecule has 2 atom stereocenters. The number of benzene rings is 1. The summed E-state index contributed by atoms with van der Waals surface area (Å²) in [6.07, 6.45) is 0. The van der Waals surface area contributed by atoms with Crippen molar-refractivity contribution < 1.29 is 9.53 Å². The minimum absolute atomic E-state index is 0.0612. The largest absolute Gasteiger partial charge is 0.466 e. The van der Waals surface area contributed by atoms with Gasteiger partial charge in [0.25, 0.3) is 0 Å². The third-order valence-electron chi connectivity index (χ3n) is 3.78. The summed E-state index contributed by atoms with van der Waals surface area (Å²) in [5.74, 6) is -1.09. The fourth-order valence-corrected chi connectivity index (χ4v) is 2.39. The van der Waals surface area contributed by atoms with E-state index < -0.39 is 5.97 Å². The molecule has 0 saturated heterocycles. The SMILES string of the molecule is C=C(C(=O)OC)[C@@H](c1ccccc1)[C@H](C)C(C)=C(C#N)C#N. The van der Waals surface area contributed by atoms with Gasteiger partial charge in [-0.3, -0.25) is 0 Å². The van der Waals surface area contributed by atoms with Crippen LogP contribution in [0, 0.1) is 28.6 Å². The highest BCUT2D eigenvalue weighted by Crippen LogP contribution is 2.36. The predicted octanol–water partition coefficient (Wildman–Crippen LogP) is 3.50. The second-order valence-corrected chi connectivity index (χ2v) is 4.98. The molecule has 0 aromatic heterocycles. The molecule has 0 unspecified atom stereocenters.